The zero-order chi connectivity index (χ0) is 15.1. The molecule has 5 nitrogen and oxygen atoms in total. The number of aromatic nitrogens is 1. The van der Waals surface area contributed by atoms with Gasteiger partial charge in [0.1, 0.15) is 10.6 Å². The second kappa shape index (κ2) is 8.09. The SMILES string of the molecule is CC(C)CCCCNc1snc(N)c1C(=O)NC(C)C. The fourth-order valence-electron chi connectivity index (χ4n) is 1.86. The lowest BCUT2D eigenvalue weighted by molar-refractivity contribution is 0.0945. The van der Waals surface area contributed by atoms with E-state index in [-0.39, 0.29) is 11.9 Å². The minimum Gasteiger partial charge on any atom is -0.382 e. The smallest absolute Gasteiger partial charge is 0.258 e. The van der Waals surface area contributed by atoms with Crippen molar-refractivity contribution in [2.24, 2.45) is 5.92 Å². The Bertz CT molecular complexity index is 429. The van der Waals surface area contributed by atoms with Crippen molar-refractivity contribution in [2.75, 3.05) is 17.6 Å². The van der Waals surface area contributed by atoms with E-state index in [2.05, 4.69) is 28.9 Å². The highest BCUT2D eigenvalue weighted by molar-refractivity contribution is 7.11. The average molecular weight is 298 g/mol. The molecule has 0 fully saturated rings. The van der Waals surface area contributed by atoms with Gasteiger partial charge < -0.3 is 16.4 Å². The number of hydrogen-bond donors (Lipinski definition) is 3. The highest BCUT2D eigenvalue weighted by Crippen LogP contribution is 2.26. The van der Waals surface area contributed by atoms with E-state index in [4.69, 9.17) is 5.73 Å². The van der Waals surface area contributed by atoms with Gasteiger partial charge in [-0.1, -0.05) is 26.7 Å². The molecule has 0 radical (unpaired) electrons. The minimum absolute atomic E-state index is 0.0840. The summed E-state index contributed by atoms with van der Waals surface area (Å²) in [4.78, 5) is 12.1. The van der Waals surface area contributed by atoms with Crippen molar-refractivity contribution >= 4 is 28.3 Å². The van der Waals surface area contributed by atoms with Gasteiger partial charge in [0.05, 0.1) is 0 Å². The maximum atomic E-state index is 12.1. The van der Waals surface area contributed by atoms with Crippen LogP contribution in [0, 0.1) is 5.92 Å². The molecule has 1 amide bonds. The molecule has 0 aliphatic heterocycles. The van der Waals surface area contributed by atoms with Gasteiger partial charge in [-0.05, 0) is 37.7 Å². The zero-order valence-corrected chi connectivity index (χ0v) is 13.6. The number of amides is 1. The summed E-state index contributed by atoms with van der Waals surface area (Å²) in [6.45, 7) is 9.15. The first-order chi connectivity index (χ1) is 9.41. The van der Waals surface area contributed by atoms with E-state index >= 15 is 0 Å². The topological polar surface area (TPSA) is 80.0 Å². The van der Waals surface area contributed by atoms with E-state index in [1.54, 1.807) is 0 Å². The van der Waals surface area contributed by atoms with Gasteiger partial charge >= 0.3 is 0 Å². The van der Waals surface area contributed by atoms with Crippen LogP contribution < -0.4 is 16.4 Å². The number of nitrogens with zero attached hydrogens (tertiary/aromatic N) is 1. The van der Waals surface area contributed by atoms with Crippen molar-refractivity contribution in [1.29, 1.82) is 0 Å². The predicted octanol–water partition coefficient (Wildman–Crippen LogP) is 3.10. The molecule has 114 valence electrons. The van der Waals surface area contributed by atoms with Crippen LogP contribution in [0.25, 0.3) is 0 Å². The van der Waals surface area contributed by atoms with Gasteiger partial charge in [0.15, 0.2) is 5.82 Å². The molecule has 0 saturated carbocycles. The Labute approximate surface area is 125 Å². The summed E-state index contributed by atoms with van der Waals surface area (Å²) in [5.41, 5.74) is 6.27. The van der Waals surface area contributed by atoms with Crippen molar-refractivity contribution in [1.82, 2.24) is 9.69 Å². The molecule has 0 aromatic carbocycles. The molecule has 1 aromatic rings. The van der Waals surface area contributed by atoms with Gasteiger partial charge in [-0.2, -0.15) is 4.37 Å². The molecular weight excluding hydrogens is 272 g/mol. The van der Waals surface area contributed by atoms with Crippen molar-refractivity contribution < 1.29 is 4.79 Å². The Kier molecular flexibility index (Phi) is 6.78. The number of nitrogen functional groups attached to an aromatic ring is 1. The van der Waals surface area contributed by atoms with Crippen LogP contribution in [-0.2, 0) is 0 Å². The molecule has 1 heterocycles. The van der Waals surface area contributed by atoms with Gasteiger partial charge in [-0.25, -0.2) is 0 Å². The van der Waals surface area contributed by atoms with Crippen molar-refractivity contribution in [3.05, 3.63) is 5.56 Å². The maximum Gasteiger partial charge on any atom is 0.258 e. The van der Waals surface area contributed by atoms with Gasteiger partial charge in [0.2, 0.25) is 0 Å². The quantitative estimate of drug-likeness (QED) is 0.644. The monoisotopic (exact) mass is 298 g/mol. The van der Waals surface area contributed by atoms with E-state index in [1.165, 1.54) is 24.4 Å². The summed E-state index contributed by atoms with van der Waals surface area (Å²) in [6, 6.07) is 0.0840. The van der Waals surface area contributed by atoms with E-state index < -0.39 is 0 Å². The first-order valence-electron chi connectivity index (χ1n) is 7.21. The number of hydrogen-bond acceptors (Lipinski definition) is 5. The van der Waals surface area contributed by atoms with Gasteiger partial charge in [-0.3, -0.25) is 4.79 Å². The molecule has 0 aliphatic rings. The Hall–Kier alpha value is -1.30. The fraction of sp³-hybridized carbons (Fsp3) is 0.714. The molecule has 0 spiro atoms. The number of rotatable bonds is 8. The summed E-state index contributed by atoms with van der Waals surface area (Å²) >= 11 is 1.25. The highest BCUT2D eigenvalue weighted by Gasteiger charge is 2.19. The maximum absolute atomic E-state index is 12.1. The van der Waals surface area contributed by atoms with E-state index in [0.29, 0.717) is 11.4 Å². The van der Waals surface area contributed by atoms with Crippen LogP contribution in [0.4, 0.5) is 10.8 Å². The van der Waals surface area contributed by atoms with Crippen LogP contribution in [0.2, 0.25) is 0 Å². The van der Waals surface area contributed by atoms with Crippen molar-refractivity contribution in [3.63, 3.8) is 0 Å². The summed E-state index contributed by atoms with van der Waals surface area (Å²) in [7, 11) is 0. The standard InChI is InChI=1S/C14H26N4OS/c1-9(2)7-5-6-8-16-14-11(12(15)18-20-14)13(19)17-10(3)4/h9-10,16H,5-8H2,1-4H3,(H2,15,18)(H,17,19). The number of nitrogens with two attached hydrogens (primary N) is 1. The molecule has 1 rings (SSSR count). The van der Waals surface area contributed by atoms with E-state index in [0.717, 1.165) is 23.9 Å². The summed E-state index contributed by atoms with van der Waals surface area (Å²) < 4.78 is 4.07. The van der Waals surface area contributed by atoms with Crippen LogP contribution in [0.5, 0.6) is 0 Å². The lowest BCUT2D eigenvalue weighted by Gasteiger charge is -2.10. The molecule has 0 bridgehead atoms. The predicted molar refractivity (Wildman–Crippen MR) is 86.3 cm³/mol. The normalized spacial score (nSPS) is 11.1. The zero-order valence-electron chi connectivity index (χ0n) is 12.8. The molecule has 0 aliphatic carbocycles. The second-order valence-corrected chi connectivity index (χ2v) is 6.49. The number of unbranched alkanes of at least 4 members (excludes halogenated alkanes) is 1. The van der Waals surface area contributed by atoms with Crippen molar-refractivity contribution in [2.45, 2.75) is 53.0 Å². The molecule has 4 N–H and O–H groups in total. The Morgan fingerprint density at radius 2 is 2.00 bits per heavy atom. The van der Waals surface area contributed by atoms with Gasteiger partial charge in [-0.15, -0.1) is 0 Å². The molecule has 6 heteroatoms. The lowest BCUT2D eigenvalue weighted by atomic mass is 10.1. The van der Waals surface area contributed by atoms with Crippen LogP contribution >= 0.6 is 11.5 Å². The second-order valence-electron chi connectivity index (χ2n) is 5.72. The number of carbonyl (C=O) groups excluding carboxylic acids is 1. The Balaban J connectivity index is 2.52. The molecule has 0 atom stereocenters. The lowest BCUT2D eigenvalue weighted by Crippen LogP contribution is -2.30. The van der Waals surface area contributed by atoms with Gasteiger partial charge in [0, 0.05) is 12.6 Å². The third-order valence-electron chi connectivity index (χ3n) is 2.86. The number of anilines is 2. The van der Waals surface area contributed by atoms with Gasteiger partial charge in [0.25, 0.3) is 5.91 Å². The molecule has 0 saturated heterocycles. The molecule has 0 unspecified atom stereocenters. The first kappa shape index (κ1) is 16.8. The van der Waals surface area contributed by atoms with E-state index in [9.17, 15) is 4.79 Å². The third kappa shape index (κ3) is 5.36. The Morgan fingerprint density at radius 1 is 1.30 bits per heavy atom. The number of carbonyl (C=O) groups is 1. The van der Waals surface area contributed by atoms with E-state index in [1.807, 2.05) is 13.8 Å². The summed E-state index contributed by atoms with van der Waals surface area (Å²) in [6.07, 6.45) is 3.50. The fourth-order valence-corrected chi connectivity index (χ4v) is 2.59. The van der Waals surface area contributed by atoms with Crippen LogP contribution in [-0.4, -0.2) is 22.9 Å². The largest absolute Gasteiger partial charge is 0.382 e. The molecule has 20 heavy (non-hydrogen) atoms. The molecule has 1 aromatic heterocycles. The molecular formula is C14H26N4OS. The highest BCUT2D eigenvalue weighted by atomic mass is 32.1. The van der Waals surface area contributed by atoms with Crippen molar-refractivity contribution in [3.8, 4) is 0 Å². The summed E-state index contributed by atoms with van der Waals surface area (Å²) in [5.74, 6) is 0.884. The third-order valence-corrected chi connectivity index (χ3v) is 3.68. The van der Waals surface area contributed by atoms with Crippen LogP contribution in [0.15, 0.2) is 0 Å². The average Bonchev–Trinajstić information content (AvgIpc) is 2.69. The van der Waals surface area contributed by atoms with Crippen LogP contribution in [0.3, 0.4) is 0 Å². The first-order valence-corrected chi connectivity index (χ1v) is 7.99. The number of nitrogens with one attached hydrogen (secondary N) is 2. The minimum atomic E-state index is -0.157. The van der Waals surface area contributed by atoms with Crippen LogP contribution in [0.1, 0.15) is 57.3 Å². The summed E-state index contributed by atoms with van der Waals surface area (Å²) in [5, 5.41) is 6.90. The Morgan fingerprint density at radius 3 is 2.60 bits per heavy atom.